The number of rotatable bonds is 0. The van der Waals surface area contributed by atoms with Gasteiger partial charge in [-0.1, -0.05) is 0 Å². The van der Waals surface area contributed by atoms with Gasteiger partial charge in [0, 0.05) is 0 Å². The molecular weight excluding hydrogens is 230 g/mol. The van der Waals surface area contributed by atoms with Crippen LogP contribution in [0.5, 0.6) is 0 Å². The Hall–Kier alpha value is 0.625. The van der Waals surface area contributed by atoms with E-state index in [4.69, 9.17) is 31.5 Å². The molecule has 4 N–H and O–H groups in total. The molecule has 11 nitrogen and oxygen atoms in total. The van der Waals surface area contributed by atoms with Crippen molar-refractivity contribution in [3.63, 3.8) is 0 Å². The van der Waals surface area contributed by atoms with Crippen LogP contribution in [0.1, 0.15) is 0 Å². The van der Waals surface area contributed by atoms with Crippen LogP contribution in [-0.2, 0) is 15.1 Å². The zero-order valence-corrected chi connectivity index (χ0v) is 8.14. The van der Waals surface area contributed by atoms with Crippen LogP contribution in [0.4, 0.5) is 0 Å². The molecule has 13 heavy (non-hydrogen) atoms. The van der Waals surface area contributed by atoms with E-state index in [2.05, 4.69) is 0 Å². The Morgan fingerprint density at radius 2 is 0.462 bits per heavy atom. The van der Waals surface area contributed by atoms with Crippen molar-refractivity contribution in [3.8, 4) is 0 Å². The summed E-state index contributed by atoms with van der Waals surface area (Å²) >= 11 is 0. The molecule has 76 valence electrons. The molecule has 0 aliphatic rings. The molecule has 0 saturated heterocycles. The normalized spacial score (nSPS) is 4.15. The van der Waals surface area contributed by atoms with Crippen LogP contribution in [0, 0.1) is 0 Å². The summed E-state index contributed by atoms with van der Waals surface area (Å²) in [6.07, 6.45) is 0. The molecule has 0 fully saturated rings. The van der Waals surface area contributed by atoms with Crippen LogP contribution in [0.3, 0.4) is 0 Å². The Balaban J connectivity index is -0.00000000720. The molecule has 0 heterocycles. The van der Waals surface area contributed by atoms with Gasteiger partial charge in [0.05, 0.1) is 0 Å². The molecule has 0 radical (unpaired) electrons. The van der Waals surface area contributed by atoms with Crippen LogP contribution < -0.4 is 31.5 Å². The monoisotopic (exact) mass is 234 g/mol. The predicted molar refractivity (Wildman–Crippen MR) is 22.0 cm³/mol. The summed E-state index contributed by atoms with van der Waals surface area (Å²) in [4.78, 5) is 0. The third-order valence-corrected chi connectivity index (χ3v) is 0. The maximum Gasteiger partial charge on any atom is 3.00 e. The van der Waals surface area contributed by atoms with Gasteiger partial charge in [-0.05, 0) is 0 Å². The molecule has 0 rings (SSSR count). The fourth-order valence-corrected chi connectivity index (χ4v) is 0. The summed E-state index contributed by atoms with van der Waals surface area (Å²) in [6, 6.07) is 0. The number of hydrogen-bond acceptors (Lipinski definition) is 9. The smallest absolute Gasteiger partial charge is 0.734 e. The van der Waals surface area contributed by atoms with Crippen molar-refractivity contribution < 1.29 is 57.6 Å². The second kappa shape index (κ2) is 130. The summed E-state index contributed by atoms with van der Waals surface area (Å²) in [7, 11) is 0. The SMILES string of the molecule is O.O.[Al+3].[Al+3].[O-]O[O-].[O-]O[O-].[O-]O[O-]. The van der Waals surface area contributed by atoms with E-state index in [1.165, 1.54) is 0 Å². The molecule has 13 heteroatoms. The Labute approximate surface area is 92.8 Å². The van der Waals surface area contributed by atoms with Gasteiger partial charge in [-0.3, -0.25) is 0 Å². The summed E-state index contributed by atoms with van der Waals surface area (Å²) < 4.78 is 0. The van der Waals surface area contributed by atoms with Gasteiger partial charge >= 0.3 is 34.7 Å². The maximum atomic E-state index is 7.88. The minimum atomic E-state index is 0. The van der Waals surface area contributed by atoms with Gasteiger partial charge in [0.2, 0.25) is 0 Å². The van der Waals surface area contributed by atoms with Crippen molar-refractivity contribution in [1.29, 1.82) is 0 Å². The third-order valence-electron chi connectivity index (χ3n) is 0. The topological polar surface area (TPSA) is 229 Å². The van der Waals surface area contributed by atoms with E-state index in [0.717, 1.165) is 0 Å². The van der Waals surface area contributed by atoms with Gasteiger partial charge in [0.1, 0.15) is 0 Å². The van der Waals surface area contributed by atoms with Crippen molar-refractivity contribution in [3.05, 3.63) is 0 Å². The third kappa shape index (κ3) is 3650. The first kappa shape index (κ1) is 49.5. The van der Waals surface area contributed by atoms with E-state index in [1.54, 1.807) is 15.1 Å². The van der Waals surface area contributed by atoms with Gasteiger partial charge in [-0.25, -0.2) is 0 Å². The molecular formula is H4Al2O11. The van der Waals surface area contributed by atoms with E-state index in [0.29, 0.717) is 0 Å². The van der Waals surface area contributed by atoms with Gasteiger partial charge in [0.15, 0.2) is 0 Å². The van der Waals surface area contributed by atoms with Crippen molar-refractivity contribution in [2.75, 3.05) is 0 Å². The number of hydrogen-bond donors (Lipinski definition) is 0. The fraction of sp³-hybridized carbons (Fsp3) is 0. The Bertz CT molecular complexity index is 12.8. The largest absolute Gasteiger partial charge is 3.00 e. The van der Waals surface area contributed by atoms with E-state index in [9.17, 15) is 0 Å². The van der Waals surface area contributed by atoms with Crippen LogP contribution in [0.2, 0.25) is 0 Å². The van der Waals surface area contributed by atoms with E-state index >= 15 is 0 Å². The Kier molecular flexibility index (Phi) is 494. The standard InChI is InChI=1S/2Al.3H2O3.2H2O/c;;3*1-3-2;;/h;;3*1-2H;2*1H2/q2*+3;;;;;/p-6. The summed E-state index contributed by atoms with van der Waals surface area (Å²) in [5, 5.41) is 52.5. The molecule has 0 aromatic rings. The van der Waals surface area contributed by atoms with Crippen LogP contribution in [-0.4, -0.2) is 45.7 Å². The van der Waals surface area contributed by atoms with Crippen molar-refractivity contribution in [2.45, 2.75) is 0 Å². The second-order valence-corrected chi connectivity index (χ2v) is 0.204. The molecule has 0 atom stereocenters. The van der Waals surface area contributed by atoms with Gasteiger partial charge in [-0.15, -0.1) is 0 Å². The maximum absolute atomic E-state index is 7.88. The zero-order valence-electron chi connectivity index (χ0n) is 5.83. The molecule has 0 aromatic carbocycles. The Morgan fingerprint density at radius 3 is 0.462 bits per heavy atom. The van der Waals surface area contributed by atoms with Crippen LogP contribution in [0.15, 0.2) is 0 Å². The van der Waals surface area contributed by atoms with Crippen LogP contribution >= 0.6 is 0 Å². The molecule has 0 unspecified atom stereocenters. The van der Waals surface area contributed by atoms with E-state index < -0.39 is 0 Å². The average molecular weight is 234 g/mol. The molecule has 0 amide bonds. The predicted octanol–water partition coefficient (Wildman–Crippen LogP) is -9.75. The van der Waals surface area contributed by atoms with Gasteiger partial charge in [0.25, 0.3) is 0 Å². The summed E-state index contributed by atoms with van der Waals surface area (Å²) in [5.41, 5.74) is 0. The zero-order chi connectivity index (χ0) is 8.12. The second-order valence-electron chi connectivity index (χ2n) is 0.204. The van der Waals surface area contributed by atoms with Gasteiger partial charge < -0.3 is 57.6 Å². The molecule has 0 spiro atoms. The Morgan fingerprint density at radius 1 is 0.462 bits per heavy atom. The van der Waals surface area contributed by atoms with Crippen molar-refractivity contribution >= 4 is 34.7 Å². The first-order valence-electron chi connectivity index (χ1n) is 1.00. The first-order chi connectivity index (χ1) is 4.24. The summed E-state index contributed by atoms with van der Waals surface area (Å²) in [5.74, 6) is 0. The molecule has 0 aromatic heterocycles. The van der Waals surface area contributed by atoms with E-state index in [1.807, 2.05) is 0 Å². The molecule has 0 saturated carbocycles. The molecule has 0 aliphatic heterocycles. The molecule has 0 aliphatic carbocycles. The minimum Gasteiger partial charge on any atom is -0.734 e. The van der Waals surface area contributed by atoms with Crippen molar-refractivity contribution in [1.82, 2.24) is 0 Å². The van der Waals surface area contributed by atoms with Crippen molar-refractivity contribution in [2.24, 2.45) is 0 Å². The first-order valence-corrected chi connectivity index (χ1v) is 1.00. The summed E-state index contributed by atoms with van der Waals surface area (Å²) in [6.45, 7) is 0. The van der Waals surface area contributed by atoms with E-state index in [-0.39, 0.29) is 45.7 Å². The minimum absolute atomic E-state index is 0. The van der Waals surface area contributed by atoms with Crippen LogP contribution in [0.25, 0.3) is 0 Å². The fourth-order valence-electron chi connectivity index (χ4n) is 0. The quantitative estimate of drug-likeness (QED) is 0.219. The average Bonchev–Trinajstić information content (AvgIpc) is 1.70. The molecule has 0 bridgehead atoms. The van der Waals surface area contributed by atoms with Gasteiger partial charge in [-0.2, -0.15) is 0 Å².